The lowest BCUT2D eigenvalue weighted by Gasteiger charge is -2.23. The molecule has 0 saturated heterocycles. The van der Waals surface area contributed by atoms with Gasteiger partial charge in [-0.15, -0.1) is 11.3 Å². The van der Waals surface area contributed by atoms with Crippen molar-refractivity contribution in [1.29, 1.82) is 0 Å². The largest absolute Gasteiger partial charge is 0.493 e. The predicted molar refractivity (Wildman–Crippen MR) is 103 cm³/mol. The van der Waals surface area contributed by atoms with Gasteiger partial charge >= 0.3 is 0 Å². The van der Waals surface area contributed by atoms with Crippen LogP contribution >= 0.6 is 11.3 Å². The van der Waals surface area contributed by atoms with Gasteiger partial charge in [0, 0.05) is 17.2 Å². The van der Waals surface area contributed by atoms with Crippen LogP contribution in [0.5, 0.6) is 11.5 Å². The van der Waals surface area contributed by atoms with Crippen LogP contribution in [-0.4, -0.2) is 13.0 Å². The normalized spacial score (nSPS) is 15.8. The van der Waals surface area contributed by atoms with Gasteiger partial charge in [-0.3, -0.25) is 4.79 Å². The molecule has 0 aliphatic carbocycles. The van der Waals surface area contributed by atoms with Crippen LogP contribution in [-0.2, 0) is 11.4 Å². The summed E-state index contributed by atoms with van der Waals surface area (Å²) < 4.78 is 24.4. The Balaban J connectivity index is 1.61. The molecule has 4 nitrogen and oxygen atoms in total. The molecule has 0 fully saturated rings. The van der Waals surface area contributed by atoms with Gasteiger partial charge in [0.1, 0.15) is 12.4 Å². The number of ether oxygens (including phenoxy) is 2. The maximum atomic E-state index is 13.1. The van der Waals surface area contributed by atoms with Crippen LogP contribution in [0.1, 0.15) is 28.3 Å². The minimum absolute atomic E-state index is 0.00664. The van der Waals surface area contributed by atoms with Crippen molar-refractivity contribution in [2.45, 2.75) is 18.9 Å². The maximum Gasteiger partial charge on any atom is 0.225 e. The average Bonchev–Trinajstić information content (AvgIpc) is 3.15. The van der Waals surface area contributed by atoms with Gasteiger partial charge < -0.3 is 14.8 Å². The van der Waals surface area contributed by atoms with Gasteiger partial charge in [0.15, 0.2) is 11.5 Å². The van der Waals surface area contributed by atoms with E-state index in [9.17, 15) is 9.18 Å². The Morgan fingerprint density at radius 1 is 1.15 bits per heavy atom. The number of halogens is 1. The van der Waals surface area contributed by atoms with E-state index in [0.717, 1.165) is 21.7 Å². The first kappa shape index (κ1) is 17.5. The van der Waals surface area contributed by atoms with Crippen LogP contribution in [0.25, 0.3) is 0 Å². The molecule has 1 N–H and O–H groups in total. The highest BCUT2D eigenvalue weighted by Gasteiger charge is 2.28. The molecule has 1 aliphatic rings. The Labute approximate surface area is 160 Å². The second-order valence-electron chi connectivity index (χ2n) is 6.33. The van der Waals surface area contributed by atoms with Crippen molar-refractivity contribution in [3.8, 4) is 11.5 Å². The molecule has 6 heteroatoms. The second kappa shape index (κ2) is 7.40. The number of carbonyl (C=O) groups is 1. The van der Waals surface area contributed by atoms with Gasteiger partial charge in [-0.25, -0.2) is 4.39 Å². The number of thiophene rings is 1. The first-order chi connectivity index (χ1) is 13.1. The number of anilines is 1. The maximum absolute atomic E-state index is 13.1. The quantitative estimate of drug-likeness (QED) is 0.678. The molecule has 1 atom stereocenters. The molecule has 2 heterocycles. The molecule has 0 radical (unpaired) electrons. The van der Waals surface area contributed by atoms with Gasteiger partial charge in [-0.1, -0.05) is 18.2 Å². The number of amides is 1. The summed E-state index contributed by atoms with van der Waals surface area (Å²) >= 11 is 1.64. The van der Waals surface area contributed by atoms with Crippen molar-refractivity contribution in [2.24, 2.45) is 0 Å². The zero-order valence-electron chi connectivity index (χ0n) is 14.7. The van der Waals surface area contributed by atoms with Gasteiger partial charge in [0.25, 0.3) is 0 Å². The van der Waals surface area contributed by atoms with Crippen LogP contribution < -0.4 is 14.8 Å². The summed E-state index contributed by atoms with van der Waals surface area (Å²) in [5.74, 6) is 0.944. The average molecular weight is 383 g/mol. The Morgan fingerprint density at radius 2 is 1.96 bits per heavy atom. The van der Waals surface area contributed by atoms with E-state index in [0.29, 0.717) is 24.5 Å². The fraction of sp³-hybridized carbons (Fsp3) is 0.190. The Bertz CT molecular complexity index is 968. The zero-order chi connectivity index (χ0) is 18.8. The van der Waals surface area contributed by atoms with Crippen LogP contribution in [0.2, 0.25) is 0 Å². The third-order valence-electron chi connectivity index (χ3n) is 4.57. The van der Waals surface area contributed by atoms with E-state index < -0.39 is 0 Å². The predicted octanol–water partition coefficient (Wildman–Crippen LogP) is 4.95. The minimum Gasteiger partial charge on any atom is -0.493 e. The Hall–Kier alpha value is -2.86. The van der Waals surface area contributed by atoms with Crippen LogP contribution in [0, 0.1) is 5.82 Å². The number of methoxy groups -OCH3 is 1. The molecule has 1 aromatic heterocycles. The molecule has 0 spiro atoms. The molecule has 27 heavy (non-hydrogen) atoms. The lowest BCUT2D eigenvalue weighted by atomic mass is 9.90. The number of nitrogens with one attached hydrogen (secondary N) is 1. The lowest BCUT2D eigenvalue weighted by Crippen LogP contribution is -2.22. The fourth-order valence-electron chi connectivity index (χ4n) is 3.21. The molecular formula is C21H18FNO3S. The van der Waals surface area contributed by atoms with Crippen molar-refractivity contribution in [3.63, 3.8) is 0 Å². The van der Waals surface area contributed by atoms with Gasteiger partial charge in [-0.2, -0.15) is 0 Å². The molecule has 1 aliphatic heterocycles. The van der Waals surface area contributed by atoms with E-state index in [2.05, 4.69) is 5.32 Å². The summed E-state index contributed by atoms with van der Waals surface area (Å²) in [6, 6.07) is 13.9. The van der Waals surface area contributed by atoms with E-state index in [4.69, 9.17) is 9.47 Å². The van der Waals surface area contributed by atoms with Crippen molar-refractivity contribution in [3.05, 3.63) is 75.7 Å². The highest BCUT2D eigenvalue weighted by atomic mass is 32.1. The second-order valence-corrected chi connectivity index (χ2v) is 7.28. The zero-order valence-corrected chi connectivity index (χ0v) is 15.5. The monoisotopic (exact) mass is 383 g/mol. The highest BCUT2D eigenvalue weighted by molar-refractivity contribution is 7.10. The highest BCUT2D eigenvalue weighted by Crippen LogP contribution is 2.42. The summed E-state index contributed by atoms with van der Waals surface area (Å²) in [6.45, 7) is 0.301. The SMILES string of the molecule is COc1ccc([C@@H]2CC(=O)Nc3ccsc32)cc1OCc1ccc(F)cc1. The first-order valence-corrected chi connectivity index (χ1v) is 9.44. The smallest absolute Gasteiger partial charge is 0.225 e. The van der Waals surface area contributed by atoms with Crippen molar-refractivity contribution >= 4 is 22.9 Å². The van der Waals surface area contributed by atoms with E-state index in [-0.39, 0.29) is 17.6 Å². The summed E-state index contributed by atoms with van der Waals surface area (Å²) in [5.41, 5.74) is 2.75. The number of carbonyl (C=O) groups excluding carboxylic acids is 1. The summed E-state index contributed by atoms with van der Waals surface area (Å²) in [7, 11) is 1.59. The molecule has 4 rings (SSSR count). The number of rotatable bonds is 5. The third kappa shape index (κ3) is 3.66. The molecular weight excluding hydrogens is 365 g/mol. The first-order valence-electron chi connectivity index (χ1n) is 8.56. The van der Waals surface area contributed by atoms with Crippen LogP contribution in [0.4, 0.5) is 10.1 Å². The van der Waals surface area contributed by atoms with Crippen LogP contribution in [0.15, 0.2) is 53.9 Å². The molecule has 0 saturated carbocycles. The van der Waals surface area contributed by atoms with Crippen molar-refractivity contribution in [1.82, 2.24) is 0 Å². The standard InChI is InChI=1S/C21H18FNO3S/c1-25-18-7-4-14(16-11-20(24)23-17-8-9-27-21(16)17)10-19(18)26-12-13-2-5-15(22)6-3-13/h2-10,16H,11-12H2,1H3,(H,23,24)/t16-/m0/s1. The molecule has 2 aromatic carbocycles. The molecule has 138 valence electrons. The molecule has 1 amide bonds. The van der Waals surface area contributed by atoms with E-state index in [1.165, 1.54) is 12.1 Å². The third-order valence-corrected chi connectivity index (χ3v) is 5.60. The van der Waals surface area contributed by atoms with Gasteiger partial charge in [-0.05, 0) is 46.8 Å². The molecule has 0 bridgehead atoms. The van der Waals surface area contributed by atoms with E-state index >= 15 is 0 Å². The number of benzene rings is 2. The topological polar surface area (TPSA) is 47.6 Å². The summed E-state index contributed by atoms with van der Waals surface area (Å²) in [6.07, 6.45) is 0.400. The molecule has 0 unspecified atom stereocenters. The van der Waals surface area contributed by atoms with Gasteiger partial charge in [0.2, 0.25) is 5.91 Å². The number of fused-ring (bicyclic) bond motifs is 1. The van der Waals surface area contributed by atoms with Gasteiger partial charge in [0.05, 0.1) is 12.8 Å². The van der Waals surface area contributed by atoms with Crippen molar-refractivity contribution < 1.29 is 18.7 Å². The van der Waals surface area contributed by atoms with Crippen LogP contribution in [0.3, 0.4) is 0 Å². The Morgan fingerprint density at radius 3 is 2.74 bits per heavy atom. The fourth-order valence-corrected chi connectivity index (χ4v) is 4.19. The lowest BCUT2D eigenvalue weighted by molar-refractivity contribution is -0.116. The molecule has 3 aromatic rings. The minimum atomic E-state index is -0.277. The summed E-state index contributed by atoms with van der Waals surface area (Å²) in [5, 5.41) is 4.90. The Kier molecular flexibility index (Phi) is 4.81. The number of hydrogen-bond donors (Lipinski definition) is 1. The number of hydrogen-bond acceptors (Lipinski definition) is 4. The summed E-state index contributed by atoms with van der Waals surface area (Å²) in [4.78, 5) is 13.2. The van der Waals surface area contributed by atoms with Crippen molar-refractivity contribution in [2.75, 3.05) is 12.4 Å². The van der Waals surface area contributed by atoms with E-state index in [1.807, 2.05) is 29.6 Å². The van der Waals surface area contributed by atoms with E-state index in [1.54, 1.807) is 30.6 Å².